The molecule has 3 rings (SSSR count). The van der Waals surface area contributed by atoms with Crippen LogP contribution in [0.25, 0.3) is 0 Å². The minimum atomic E-state index is -0.353. The highest BCUT2D eigenvalue weighted by molar-refractivity contribution is 6.31. The Morgan fingerprint density at radius 2 is 2.00 bits per heavy atom. The van der Waals surface area contributed by atoms with Crippen LogP contribution in [0.5, 0.6) is 17.2 Å². The highest BCUT2D eigenvalue weighted by atomic mass is 35.5. The van der Waals surface area contributed by atoms with E-state index >= 15 is 0 Å². The van der Waals surface area contributed by atoms with E-state index in [9.17, 15) is 4.79 Å². The molecule has 1 amide bonds. The molecule has 0 saturated heterocycles. The first-order valence-corrected chi connectivity index (χ1v) is 7.54. The minimum absolute atomic E-state index is 0.159. The number of benzene rings is 2. The molecule has 6 nitrogen and oxygen atoms in total. The number of halogens is 1. The number of carbonyl (C=O) groups is 1. The van der Waals surface area contributed by atoms with E-state index in [-0.39, 0.29) is 12.7 Å². The molecule has 0 saturated carbocycles. The van der Waals surface area contributed by atoms with E-state index in [2.05, 4.69) is 10.5 Å². The summed E-state index contributed by atoms with van der Waals surface area (Å²) in [7, 11) is 1.56. The third-order valence-corrected chi connectivity index (χ3v) is 3.75. The van der Waals surface area contributed by atoms with Crippen LogP contribution in [0.3, 0.4) is 0 Å². The average molecular weight is 347 g/mol. The van der Waals surface area contributed by atoms with Crippen LogP contribution in [0.2, 0.25) is 5.02 Å². The van der Waals surface area contributed by atoms with Crippen LogP contribution in [-0.2, 0) is 0 Å². The zero-order valence-corrected chi connectivity index (χ0v) is 13.9. The number of nitrogens with one attached hydrogen (secondary N) is 1. The third-order valence-electron chi connectivity index (χ3n) is 3.51. The maximum atomic E-state index is 12.2. The molecule has 0 unspecified atom stereocenters. The Labute approximate surface area is 144 Å². The van der Waals surface area contributed by atoms with E-state index in [0.717, 1.165) is 0 Å². The van der Waals surface area contributed by atoms with Crippen molar-refractivity contribution in [3.63, 3.8) is 0 Å². The quantitative estimate of drug-likeness (QED) is 0.681. The fourth-order valence-electron chi connectivity index (χ4n) is 2.26. The maximum absolute atomic E-state index is 12.2. The molecule has 0 fully saturated rings. The lowest BCUT2D eigenvalue weighted by atomic mass is 10.1. The lowest BCUT2D eigenvalue weighted by Gasteiger charge is -2.09. The molecule has 2 aromatic rings. The largest absolute Gasteiger partial charge is 0.496 e. The number of methoxy groups -OCH3 is 1. The monoisotopic (exact) mass is 346 g/mol. The number of ether oxygens (including phenoxy) is 3. The summed E-state index contributed by atoms with van der Waals surface area (Å²) in [6.07, 6.45) is 0. The van der Waals surface area contributed by atoms with Crippen molar-refractivity contribution in [2.45, 2.75) is 6.92 Å². The zero-order chi connectivity index (χ0) is 17.1. The lowest BCUT2D eigenvalue weighted by molar-refractivity contribution is 0.0954. The molecule has 2 aromatic carbocycles. The Kier molecular flexibility index (Phi) is 4.57. The number of hydrogen-bond donors (Lipinski definition) is 1. The predicted octanol–water partition coefficient (Wildman–Crippen LogP) is 3.23. The van der Waals surface area contributed by atoms with Gasteiger partial charge in [0.1, 0.15) is 5.75 Å². The number of fused-ring (bicyclic) bond motifs is 1. The van der Waals surface area contributed by atoms with E-state index in [1.807, 2.05) is 0 Å². The molecule has 1 aliphatic rings. The summed E-state index contributed by atoms with van der Waals surface area (Å²) < 4.78 is 15.8. The molecule has 24 heavy (non-hydrogen) atoms. The van der Waals surface area contributed by atoms with Crippen molar-refractivity contribution >= 4 is 23.2 Å². The van der Waals surface area contributed by atoms with Crippen molar-refractivity contribution in [2.75, 3.05) is 13.9 Å². The smallest absolute Gasteiger partial charge is 0.271 e. The van der Waals surface area contributed by atoms with Gasteiger partial charge in [0.2, 0.25) is 6.79 Å². The summed E-state index contributed by atoms with van der Waals surface area (Å²) in [6.45, 7) is 1.92. The maximum Gasteiger partial charge on any atom is 0.271 e. The third kappa shape index (κ3) is 3.28. The highest BCUT2D eigenvalue weighted by Crippen LogP contribution is 2.32. The van der Waals surface area contributed by atoms with Gasteiger partial charge in [-0.2, -0.15) is 5.10 Å². The topological polar surface area (TPSA) is 69.2 Å². The van der Waals surface area contributed by atoms with Gasteiger partial charge in [-0.15, -0.1) is 0 Å². The first-order chi connectivity index (χ1) is 11.6. The summed E-state index contributed by atoms with van der Waals surface area (Å²) in [4.78, 5) is 12.2. The molecular formula is C17H15ClN2O4. The zero-order valence-electron chi connectivity index (χ0n) is 13.1. The number of hydrazone groups is 1. The summed E-state index contributed by atoms with van der Waals surface area (Å²) in [6, 6.07) is 10.1. The van der Waals surface area contributed by atoms with E-state index in [0.29, 0.717) is 39.1 Å². The average Bonchev–Trinajstić information content (AvgIpc) is 3.06. The van der Waals surface area contributed by atoms with Gasteiger partial charge >= 0.3 is 0 Å². The number of hydrogen-bond acceptors (Lipinski definition) is 5. The molecule has 0 spiro atoms. The Morgan fingerprint density at radius 3 is 2.79 bits per heavy atom. The van der Waals surface area contributed by atoms with Crippen molar-refractivity contribution in [3.8, 4) is 17.2 Å². The Morgan fingerprint density at radius 1 is 1.21 bits per heavy atom. The van der Waals surface area contributed by atoms with Crippen LogP contribution in [-0.4, -0.2) is 25.5 Å². The Bertz CT molecular complexity index is 820. The second-order valence-corrected chi connectivity index (χ2v) is 5.49. The van der Waals surface area contributed by atoms with Crippen molar-refractivity contribution < 1.29 is 19.0 Å². The Hall–Kier alpha value is -2.73. The Balaban J connectivity index is 1.77. The minimum Gasteiger partial charge on any atom is -0.496 e. The standard InChI is InChI=1S/C17H15ClN2O4/c1-10(13-8-12(18)4-6-14(13)22-2)19-20-17(21)11-3-5-15-16(7-11)24-9-23-15/h3-8H,9H2,1-2H3,(H,20,21)/b19-10-. The van der Waals surface area contributed by atoms with Gasteiger partial charge in [0.15, 0.2) is 11.5 Å². The number of carbonyl (C=O) groups excluding carboxylic acids is 1. The molecule has 0 aromatic heterocycles. The fraction of sp³-hybridized carbons (Fsp3) is 0.176. The molecule has 124 valence electrons. The summed E-state index contributed by atoms with van der Waals surface area (Å²) >= 11 is 6.01. The normalized spacial score (nSPS) is 12.9. The highest BCUT2D eigenvalue weighted by Gasteiger charge is 2.16. The first-order valence-electron chi connectivity index (χ1n) is 7.16. The van der Waals surface area contributed by atoms with Gasteiger partial charge in [0.25, 0.3) is 5.91 Å². The number of amides is 1. The second kappa shape index (κ2) is 6.80. The predicted molar refractivity (Wildman–Crippen MR) is 90.2 cm³/mol. The van der Waals surface area contributed by atoms with Crippen LogP contribution in [0.15, 0.2) is 41.5 Å². The van der Waals surface area contributed by atoms with Crippen LogP contribution in [0.4, 0.5) is 0 Å². The van der Waals surface area contributed by atoms with E-state index in [1.54, 1.807) is 50.4 Å². The molecular weight excluding hydrogens is 332 g/mol. The van der Waals surface area contributed by atoms with Gasteiger partial charge in [0.05, 0.1) is 12.8 Å². The van der Waals surface area contributed by atoms with Crippen LogP contribution in [0, 0.1) is 0 Å². The van der Waals surface area contributed by atoms with Gasteiger partial charge in [-0.05, 0) is 43.3 Å². The van der Waals surface area contributed by atoms with Crippen LogP contribution >= 0.6 is 11.6 Å². The van der Waals surface area contributed by atoms with E-state index < -0.39 is 0 Å². The molecule has 1 N–H and O–H groups in total. The molecule has 1 aliphatic heterocycles. The van der Waals surface area contributed by atoms with Gasteiger partial charge in [-0.1, -0.05) is 11.6 Å². The van der Waals surface area contributed by atoms with E-state index in [4.69, 9.17) is 25.8 Å². The van der Waals surface area contributed by atoms with Gasteiger partial charge in [-0.3, -0.25) is 4.79 Å². The molecule has 0 radical (unpaired) electrons. The van der Waals surface area contributed by atoms with Crippen molar-refractivity contribution in [1.82, 2.24) is 5.43 Å². The molecule has 1 heterocycles. The molecule has 0 aliphatic carbocycles. The van der Waals surface area contributed by atoms with Crippen LogP contribution < -0.4 is 19.6 Å². The molecule has 7 heteroatoms. The van der Waals surface area contributed by atoms with E-state index in [1.165, 1.54) is 0 Å². The molecule has 0 atom stereocenters. The number of nitrogens with zero attached hydrogens (tertiary/aromatic N) is 1. The lowest BCUT2D eigenvalue weighted by Crippen LogP contribution is -2.19. The summed E-state index contributed by atoms with van der Waals surface area (Å²) in [5.74, 6) is 1.43. The van der Waals surface area contributed by atoms with Crippen LogP contribution in [0.1, 0.15) is 22.8 Å². The van der Waals surface area contributed by atoms with Gasteiger partial charge < -0.3 is 14.2 Å². The SMILES string of the molecule is COc1ccc(Cl)cc1/C(C)=N\NC(=O)c1ccc2c(c1)OCO2. The van der Waals surface area contributed by atoms with Crippen molar-refractivity contribution in [3.05, 3.63) is 52.5 Å². The summed E-state index contributed by atoms with van der Waals surface area (Å²) in [5, 5.41) is 4.68. The van der Waals surface area contributed by atoms with Gasteiger partial charge in [-0.25, -0.2) is 5.43 Å². The second-order valence-electron chi connectivity index (χ2n) is 5.05. The first kappa shape index (κ1) is 16.1. The fourth-order valence-corrected chi connectivity index (χ4v) is 2.43. The summed E-state index contributed by atoms with van der Waals surface area (Å²) in [5.41, 5.74) is 4.22. The van der Waals surface area contributed by atoms with Gasteiger partial charge in [0, 0.05) is 16.1 Å². The number of rotatable bonds is 4. The van der Waals surface area contributed by atoms with Crippen molar-refractivity contribution in [2.24, 2.45) is 5.10 Å². The molecule has 0 bridgehead atoms. The van der Waals surface area contributed by atoms with Crippen molar-refractivity contribution in [1.29, 1.82) is 0 Å².